The van der Waals surface area contributed by atoms with Gasteiger partial charge in [-0.25, -0.2) is 0 Å². The van der Waals surface area contributed by atoms with Gasteiger partial charge in [0.25, 0.3) is 0 Å². The summed E-state index contributed by atoms with van der Waals surface area (Å²) in [5, 5.41) is 9.25. The average molecular weight is 172 g/mol. The van der Waals surface area contributed by atoms with Crippen molar-refractivity contribution in [2.75, 3.05) is 0 Å². The normalized spacial score (nSPS) is 32.3. The van der Waals surface area contributed by atoms with E-state index in [-0.39, 0.29) is 6.10 Å². The highest BCUT2D eigenvalue weighted by atomic mass is 32.1. The first-order valence-corrected chi connectivity index (χ1v) is 4.64. The molecule has 2 atom stereocenters. The molecule has 0 aliphatic heterocycles. The Hall–Kier alpha value is 0.0500. The average Bonchev–Trinajstić information content (AvgIpc) is 1.85. The summed E-state index contributed by atoms with van der Waals surface area (Å²) < 4.78 is 0. The van der Waals surface area contributed by atoms with Gasteiger partial charge in [-0.3, -0.25) is 0 Å². The lowest BCUT2D eigenvalue weighted by atomic mass is 9.85. The van der Waals surface area contributed by atoms with Crippen molar-refractivity contribution in [2.45, 2.75) is 32.8 Å². The first-order valence-electron chi connectivity index (χ1n) is 4.20. The zero-order valence-corrected chi connectivity index (χ0v) is 8.01. The molecule has 0 saturated carbocycles. The van der Waals surface area contributed by atoms with E-state index in [1.807, 2.05) is 6.08 Å². The Bertz CT molecular complexity index is 163. The molecule has 0 fully saturated rings. The van der Waals surface area contributed by atoms with E-state index in [1.165, 1.54) is 0 Å². The number of aliphatic hydroxyl groups excluding tert-OH is 1. The summed E-state index contributed by atoms with van der Waals surface area (Å²) in [7, 11) is 0. The van der Waals surface area contributed by atoms with Gasteiger partial charge in [0.05, 0.1) is 6.10 Å². The Morgan fingerprint density at radius 1 is 1.55 bits per heavy atom. The highest BCUT2D eigenvalue weighted by molar-refractivity contribution is 7.84. The molecule has 11 heavy (non-hydrogen) atoms. The quantitative estimate of drug-likeness (QED) is 0.581. The third-order valence-corrected chi connectivity index (χ3v) is 2.80. The highest BCUT2D eigenvalue weighted by Crippen LogP contribution is 2.32. The minimum Gasteiger partial charge on any atom is -0.389 e. The second-order valence-electron chi connectivity index (χ2n) is 3.59. The Morgan fingerprint density at radius 3 is 2.64 bits per heavy atom. The number of rotatable bonds is 1. The van der Waals surface area contributed by atoms with Gasteiger partial charge in [-0.05, 0) is 35.7 Å². The van der Waals surface area contributed by atoms with E-state index in [4.69, 9.17) is 0 Å². The van der Waals surface area contributed by atoms with Gasteiger partial charge in [-0.15, -0.1) is 12.6 Å². The molecule has 0 radical (unpaired) electrons. The van der Waals surface area contributed by atoms with Crippen molar-refractivity contribution in [3.8, 4) is 0 Å². The summed E-state index contributed by atoms with van der Waals surface area (Å²) in [5.74, 6) is 1.22. The highest BCUT2D eigenvalue weighted by Gasteiger charge is 2.21. The molecule has 0 spiro atoms. The van der Waals surface area contributed by atoms with E-state index in [1.54, 1.807) is 0 Å². The third kappa shape index (κ3) is 2.24. The van der Waals surface area contributed by atoms with Crippen LogP contribution in [0.5, 0.6) is 0 Å². The molecule has 0 aromatic heterocycles. The molecule has 1 N–H and O–H groups in total. The van der Waals surface area contributed by atoms with Crippen molar-refractivity contribution in [2.24, 2.45) is 11.8 Å². The van der Waals surface area contributed by atoms with Gasteiger partial charge >= 0.3 is 0 Å². The predicted octanol–water partition coefficient (Wildman–Crippen LogP) is 2.23. The molecule has 0 aromatic carbocycles. The lowest BCUT2D eigenvalue weighted by Gasteiger charge is -2.26. The first kappa shape index (κ1) is 9.14. The molecular formula is C9H16OS. The van der Waals surface area contributed by atoms with Crippen molar-refractivity contribution in [1.82, 2.24) is 0 Å². The monoisotopic (exact) mass is 172 g/mol. The van der Waals surface area contributed by atoms with Crippen LogP contribution in [0.3, 0.4) is 0 Å². The van der Waals surface area contributed by atoms with Gasteiger partial charge in [0.15, 0.2) is 0 Å². The lowest BCUT2D eigenvalue weighted by Crippen LogP contribution is -2.19. The lowest BCUT2D eigenvalue weighted by molar-refractivity contribution is 0.186. The fourth-order valence-corrected chi connectivity index (χ4v) is 2.18. The molecular weight excluding hydrogens is 156 g/mol. The van der Waals surface area contributed by atoms with E-state index in [2.05, 4.69) is 26.5 Å². The van der Waals surface area contributed by atoms with E-state index in [0.717, 1.165) is 17.7 Å². The van der Waals surface area contributed by atoms with Crippen molar-refractivity contribution in [1.29, 1.82) is 0 Å². The summed E-state index contributed by atoms with van der Waals surface area (Å²) in [6, 6.07) is 0. The van der Waals surface area contributed by atoms with Gasteiger partial charge in [0.2, 0.25) is 0 Å². The van der Waals surface area contributed by atoms with Gasteiger partial charge < -0.3 is 5.11 Å². The molecule has 1 aliphatic carbocycles. The van der Waals surface area contributed by atoms with E-state index >= 15 is 0 Å². The summed E-state index contributed by atoms with van der Waals surface area (Å²) in [6.07, 6.45) is 3.59. The van der Waals surface area contributed by atoms with Gasteiger partial charge in [-0.2, -0.15) is 0 Å². The van der Waals surface area contributed by atoms with Crippen LogP contribution < -0.4 is 0 Å². The van der Waals surface area contributed by atoms with Crippen molar-refractivity contribution >= 4 is 12.6 Å². The number of hydrogen-bond acceptors (Lipinski definition) is 2. The van der Waals surface area contributed by atoms with Crippen LogP contribution in [-0.2, 0) is 0 Å². The fraction of sp³-hybridized carbons (Fsp3) is 0.778. The van der Waals surface area contributed by atoms with Crippen LogP contribution >= 0.6 is 12.6 Å². The van der Waals surface area contributed by atoms with E-state index < -0.39 is 0 Å². The van der Waals surface area contributed by atoms with Gasteiger partial charge in [-0.1, -0.05) is 13.8 Å². The largest absolute Gasteiger partial charge is 0.389 e. The van der Waals surface area contributed by atoms with Crippen LogP contribution in [0, 0.1) is 11.8 Å². The van der Waals surface area contributed by atoms with E-state index in [0.29, 0.717) is 11.8 Å². The maximum Gasteiger partial charge on any atom is 0.0731 e. The summed E-state index contributed by atoms with van der Waals surface area (Å²) >= 11 is 4.36. The standard InChI is InChI=1S/C9H16OS/c1-6(2)8-4-3-7(10)5-9(8)11/h5-8,10-11H,3-4H2,1-2H3/t7-,8+/m0/s1. The minimum atomic E-state index is -0.252. The third-order valence-electron chi connectivity index (χ3n) is 2.32. The molecule has 1 nitrogen and oxygen atoms in total. The fourth-order valence-electron chi connectivity index (χ4n) is 1.58. The summed E-state index contributed by atoms with van der Waals surface area (Å²) in [6.45, 7) is 4.40. The van der Waals surface area contributed by atoms with E-state index in [9.17, 15) is 5.11 Å². The Morgan fingerprint density at radius 2 is 2.18 bits per heavy atom. The zero-order valence-electron chi connectivity index (χ0n) is 7.12. The molecule has 1 rings (SSSR count). The number of thiol groups is 1. The molecule has 0 unspecified atom stereocenters. The molecule has 2 heteroatoms. The zero-order chi connectivity index (χ0) is 8.43. The van der Waals surface area contributed by atoms with Crippen LogP contribution in [0.2, 0.25) is 0 Å². The van der Waals surface area contributed by atoms with Crippen LogP contribution in [0.15, 0.2) is 11.0 Å². The molecule has 0 bridgehead atoms. The second-order valence-corrected chi connectivity index (χ2v) is 4.10. The topological polar surface area (TPSA) is 20.2 Å². The Balaban J connectivity index is 2.64. The number of hydrogen-bond donors (Lipinski definition) is 2. The van der Waals surface area contributed by atoms with Crippen molar-refractivity contribution in [3.05, 3.63) is 11.0 Å². The van der Waals surface area contributed by atoms with Crippen molar-refractivity contribution in [3.63, 3.8) is 0 Å². The maximum absolute atomic E-state index is 9.25. The van der Waals surface area contributed by atoms with Gasteiger partial charge in [0.1, 0.15) is 0 Å². The van der Waals surface area contributed by atoms with Crippen LogP contribution in [0.1, 0.15) is 26.7 Å². The Kier molecular flexibility index (Phi) is 3.02. The summed E-state index contributed by atoms with van der Waals surface area (Å²) in [5.41, 5.74) is 0. The molecule has 0 saturated heterocycles. The van der Waals surface area contributed by atoms with Crippen LogP contribution in [0.4, 0.5) is 0 Å². The SMILES string of the molecule is CC(C)[C@H]1CC[C@H](O)C=C1S. The smallest absolute Gasteiger partial charge is 0.0731 e. The minimum absolute atomic E-state index is 0.252. The molecule has 0 amide bonds. The number of allylic oxidation sites excluding steroid dienone is 1. The van der Waals surface area contributed by atoms with Crippen LogP contribution in [0.25, 0.3) is 0 Å². The predicted molar refractivity (Wildman–Crippen MR) is 50.6 cm³/mol. The summed E-state index contributed by atoms with van der Waals surface area (Å²) in [4.78, 5) is 1.07. The Labute approximate surface area is 73.9 Å². The maximum atomic E-state index is 9.25. The number of aliphatic hydroxyl groups is 1. The molecule has 0 aromatic rings. The molecule has 1 aliphatic rings. The van der Waals surface area contributed by atoms with Crippen molar-refractivity contribution < 1.29 is 5.11 Å². The molecule has 0 heterocycles. The first-order chi connectivity index (χ1) is 5.11. The second kappa shape index (κ2) is 3.63. The van der Waals surface area contributed by atoms with Gasteiger partial charge in [0, 0.05) is 0 Å². The van der Waals surface area contributed by atoms with Crippen LogP contribution in [-0.4, -0.2) is 11.2 Å². The molecule has 64 valence electrons.